The van der Waals surface area contributed by atoms with Crippen LogP contribution in [0.5, 0.6) is 0 Å². The van der Waals surface area contributed by atoms with Gasteiger partial charge in [-0.25, -0.2) is 4.39 Å². The van der Waals surface area contributed by atoms with Crippen molar-refractivity contribution in [2.45, 2.75) is 4.90 Å². The van der Waals surface area contributed by atoms with Gasteiger partial charge in [0.05, 0.1) is 31.9 Å². The standard InChI is InChI=1S/C21H24FN3OS/c1-2-15-27-20-6-4-3-5-19(20)23-21(26)16-24-11-13-25(14-12-24)18-9-7-17(22)8-10-18/h2-10H,1,11-16H2,(H,23,26)/p+1. The Balaban J connectivity index is 1.50. The molecule has 1 aliphatic heterocycles. The van der Waals surface area contributed by atoms with E-state index in [1.165, 1.54) is 17.0 Å². The lowest BCUT2D eigenvalue weighted by atomic mass is 10.2. The largest absolute Gasteiger partial charge is 0.360 e. The molecule has 2 N–H and O–H groups in total. The van der Waals surface area contributed by atoms with Crippen LogP contribution in [0.25, 0.3) is 0 Å². The monoisotopic (exact) mass is 386 g/mol. The summed E-state index contributed by atoms with van der Waals surface area (Å²) < 4.78 is 13.1. The number of hydrogen-bond acceptors (Lipinski definition) is 3. The lowest BCUT2D eigenvalue weighted by molar-refractivity contribution is -0.892. The molecule has 27 heavy (non-hydrogen) atoms. The quantitative estimate of drug-likeness (QED) is 0.567. The van der Waals surface area contributed by atoms with Crippen molar-refractivity contribution in [2.24, 2.45) is 0 Å². The Morgan fingerprint density at radius 1 is 1.19 bits per heavy atom. The van der Waals surface area contributed by atoms with E-state index in [4.69, 9.17) is 0 Å². The van der Waals surface area contributed by atoms with Crippen molar-refractivity contribution in [2.75, 3.05) is 48.7 Å². The Morgan fingerprint density at radius 3 is 2.59 bits per heavy atom. The van der Waals surface area contributed by atoms with Gasteiger partial charge in [0.25, 0.3) is 5.91 Å². The van der Waals surface area contributed by atoms with Gasteiger partial charge in [-0.15, -0.1) is 18.3 Å². The van der Waals surface area contributed by atoms with E-state index in [1.807, 2.05) is 42.5 Å². The molecule has 1 heterocycles. The minimum absolute atomic E-state index is 0.0342. The van der Waals surface area contributed by atoms with Crippen LogP contribution >= 0.6 is 11.8 Å². The summed E-state index contributed by atoms with van der Waals surface area (Å²) in [6.07, 6.45) is 1.86. The van der Waals surface area contributed by atoms with Gasteiger partial charge in [-0.3, -0.25) is 4.79 Å². The molecule has 0 aliphatic carbocycles. The minimum atomic E-state index is -0.216. The summed E-state index contributed by atoms with van der Waals surface area (Å²) in [6, 6.07) is 14.5. The van der Waals surface area contributed by atoms with Crippen LogP contribution in [0.3, 0.4) is 0 Å². The number of nitrogens with one attached hydrogen (secondary N) is 2. The SMILES string of the molecule is C=CCSc1ccccc1NC(=O)C[NH+]1CCN(c2ccc(F)cc2)CC1. The first-order valence-electron chi connectivity index (χ1n) is 9.12. The second kappa shape index (κ2) is 9.58. The predicted molar refractivity (Wildman–Crippen MR) is 110 cm³/mol. The van der Waals surface area contributed by atoms with Crippen LogP contribution in [0.1, 0.15) is 0 Å². The number of para-hydroxylation sites is 1. The first-order valence-corrected chi connectivity index (χ1v) is 10.1. The fourth-order valence-corrected chi connectivity index (χ4v) is 3.92. The van der Waals surface area contributed by atoms with Crippen LogP contribution in [0.4, 0.5) is 15.8 Å². The molecule has 0 saturated carbocycles. The molecule has 0 atom stereocenters. The normalized spacial score (nSPS) is 14.8. The summed E-state index contributed by atoms with van der Waals surface area (Å²) in [6.45, 7) is 7.69. The number of quaternary nitrogens is 1. The van der Waals surface area contributed by atoms with Gasteiger partial charge in [0.1, 0.15) is 5.82 Å². The Morgan fingerprint density at radius 2 is 1.89 bits per heavy atom. The molecule has 1 aliphatic rings. The number of rotatable bonds is 7. The van der Waals surface area contributed by atoms with Crippen molar-refractivity contribution in [3.63, 3.8) is 0 Å². The Labute approximate surface area is 164 Å². The summed E-state index contributed by atoms with van der Waals surface area (Å²) in [4.78, 5) is 17.0. The van der Waals surface area contributed by atoms with Gasteiger partial charge in [0.15, 0.2) is 6.54 Å². The molecule has 4 nitrogen and oxygen atoms in total. The van der Waals surface area contributed by atoms with Crippen molar-refractivity contribution in [1.29, 1.82) is 0 Å². The summed E-state index contributed by atoms with van der Waals surface area (Å²) in [7, 11) is 0. The molecule has 0 aromatic heterocycles. The highest BCUT2D eigenvalue weighted by molar-refractivity contribution is 7.99. The Kier molecular flexibility index (Phi) is 6.90. The fraction of sp³-hybridized carbons (Fsp3) is 0.286. The van der Waals surface area contributed by atoms with Gasteiger partial charge < -0.3 is 15.1 Å². The Hall–Kier alpha value is -2.31. The zero-order chi connectivity index (χ0) is 19.1. The molecule has 0 spiro atoms. The van der Waals surface area contributed by atoms with Gasteiger partial charge in [-0.2, -0.15) is 0 Å². The minimum Gasteiger partial charge on any atom is -0.360 e. The zero-order valence-electron chi connectivity index (χ0n) is 15.3. The van der Waals surface area contributed by atoms with Crippen LogP contribution in [-0.2, 0) is 4.79 Å². The molecule has 3 rings (SSSR count). The highest BCUT2D eigenvalue weighted by Crippen LogP contribution is 2.26. The molecule has 0 radical (unpaired) electrons. The summed E-state index contributed by atoms with van der Waals surface area (Å²) >= 11 is 1.66. The highest BCUT2D eigenvalue weighted by atomic mass is 32.2. The third kappa shape index (κ3) is 5.58. The first kappa shape index (κ1) is 19.5. The third-order valence-electron chi connectivity index (χ3n) is 4.59. The summed E-state index contributed by atoms with van der Waals surface area (Å²) in [5.41, 5.74) is 1.90. The molecule has 0 bridgehead atoms. The van der Waals surface area contributed by atoms with E-state index < -0.39 is 0 Å². The van der Waals surface area contributed by atoms with E-state index in [-0.39, 0.29) is 11.7 Å². The Bertz CT molecular complexity index is 773. The van der Waals surface area contributed by atoms with E-state index in [2.05, 4.69) is 16.8 Å². The fourth-order valence-electron chi connectivity index (χ4n) is 3.18. The van der Waals surface area contributed by atoms with Crippen LogP contribution in [-0.4, -0.2) is 44.4 Å². The maximum Gasteiger partial charge on any atom is 0.279 e. The number of benzene rings is 2. The summed E-state index contributed by atoms with van der Waals surface area (Å²) in [5.74, 6) is 0.627. The second-order valence-corrected chi connectivity index (χ2v) is 7.60. The van der Waals surface area contributed by atoms with Gasteiger partial charge in [0, 0.05) is 16.3 Å². The molecule has 142 valence electrons. The number of anilines is 2. The highest BCUT2D eigenvalue weighted by Gasteiger charge is 2.22. The molecule has 1 saturated heterocycles. The molecule has 2 aromatic rings. The van der Waals surface area contributed by atoms with Crippen molar-refractivity contribution < 1.29 is 14.1 Å². The molecule has 6 heteroatoms. The third-order valence-corrected chi connectivity index (χ3v) is 5.66. The average molecular weight is 387 g/mol. The van der Waals surface area contributed by atoms with E-state index in [1.54, 1.807) is 11.8 Å². The number of carbonyl (C=O) groups excluding carboxylic acids is 1. The van der Waals surface area contributed by atoms with Crippen LogP contribution in [0.2, 0.25) is 0 Å². The zero-order valence-corrected chi connectivity index (χ0v) is 16.1. The lowest BCUT2D eigenvalue weighted by Gasteiger charge is -2.33. The molecule has 1 fully saturated rings. The summed E-state index contributed by atoms with van der Waals surface area (Å²) in [5, 5.41) is 3.05. The molecular formula is C21H25FN3OS+. The van der Waals surface area contributed by atoms with Gasteiger partial charge in [-0.1, -0.05) is 18.2 Å². The topological polar surface area (TPSA) is 36.8 Å². The van der Waals surface area contributed by atoms with Crippen LogP contribution < -0.4 is 15.1 Å². The number of piperazine rings is 1. The number of halogens is 1. The van der Waals surface area contributed by atoms with Crippen molar-refractivity contribution in [1.82, 2.24) is 0 Å². The van der Waals surface area contributed by atoms with E-state index in [0.717, 1.165) is 48.2 Å². The number of thioether (sulfide) groups is 1. The molecular weight excluding hydrogens is 361 g/mol. The van der Waals surface area contributed by atoms with Crippen LogP contribution in [0, 0.1) is 5.82 Å². The maximum atomic E-state index is 13.1. The first-order chi connectivity index (χ1) is 13.2. The van der Waals surface area contributed by atoms with E-state index >= 15 is 0 Å². The van der Waals surface area contributed by atoms with Gasteiger partial charge in [-0.05, 0) is 36.4 Å². The number of carbonyl (C=O) groups is 1. The van der Waals surface area contributed by atoms with Gasteiger partial charge in [0.2, 0.25) is 0 Å². The van der Waals surface area contributed by atoms with Crippen molar-refractivity contribution in [3.05, 3.63) is 67.0 Å². The number of hydrogen-bond donors (Lipinski definition) is 2. The average Bonchev–Trinajstić information content (AvgIpc) is 2.68. The van der Waals surface area contributed by atoms with Crippen molar-refractivity contribution in [3.8, 4) is 0 Å². The molecule has 0 unspecified atom stereocenters. The number of amides is 1. The van der Waals surface area contributed by atoms with Gasteiger partial charge >= 0.3 is 0 Å². The molecule has 2 aromatic carbocycles. The lowest BCUT2D eigenvalue weighted by Crippen LogP contribution is -3.15. The van der Waals surface area contributed by atoms with E-state index in [0.29, 0.717) is 6.54 Å². The smallest absolute Gasteiger partial charge is 0.279 e. The number of nitrogens with zero attached hydrogens (tertiary/aromatic N) is 1. The maximum absolute atomic E-state index is 13.1. The predicted octanol–water partition coefficient (Wildman–Crippen LogP) is 2.45. The second-order valence-electron chi connectivity index (χ2n) is 6.53. The van der Waals surface area contributed by atoms with E-state index in [9.17, 15) is 9.18 Å². The van der Waals surface area contributed by atoms with Crippen LogP contribution in [0.15, 0.2) is 66.1 Å². The van der Waals surface area contributed by atoms with Crippen molar-refractivity contribution >= 4 is 29.0 Å². The molecule has 1 amide bonds.